The van der Waals surface area contributed by atoms with Crippen LogP contribution >= 0.6 is 0 Å². The van der Waals surface area contributed by atoms with Gasteiger partial charge in [-0.25, -0.2) is 0 Å². The maximum atomic E-state index is 12.3. The second-order valence-electron chi connectivity index (χ2n) is 5.46. The van der Waals surface area contributed by atoms with Crippen LogP contribution in [-0.2, 0) is 17.8 Å². The van der Waals surface area contributed by atoms with Crippen LogP contribution in [-0.4, -0.2) is 32.5 Å². The van der Waals surface area contributed by atoms with Gasteiger partial charge in [0.25, 0.3) is 0 Å². The number of aromatic nitrogens is 3. The van der Waals surface area contributed by atoms with Crippen LogP contribution in [0.1, 0.15) is 17.0 Å². The molecule has 0 fully saturated rings. The van der Waals surface area contributed by atoms with Gasteiger partial charge < -0.3 is 4.90 Å². The lowest BCUT2D eigenvalue weighted by Crippen LogP contribution is -2.28. The second-order valence-corrected chi connectivity index (χ2v) is 5.46. The van der Waals surface area contributed by atoms with E-state index in [1.807, 2.05) is 60.0 Å². The largest absolute Gasteiger partial charge is 0.338 e. The van der Waals surface area contributed by atoms with Gasteiger partial charge in [-0.2, -0.15) is 0 Å². The number of amides is 1. The van der Waals surface area contributed by atoms with Gasteiger partial charge >= 0.3 is 0 Å². The Morgan fingerprint density at radius 1 is 1.14 bits per heavy atom. The van der Waals surface area contributed by atoms with Crippen molar-refractivity contribution in [1.29, 1.82) is 0 Å². The molecule has 22 heavy (non-hydrogen) atoms. The molecule has 0 N–H and O–H groups in total. The Balaban J connectivity index is 1.69. The van der Waals surface area contributed by atoms with Gasteiger partial charge in [-0.3, -0.25) is 9.20 Å². The molecule has 0 atom stereocenters. The molecule has 0 bridgehead atoms. The van der Waals surface area contributed by atoms with E-state index in [0.717, 1.165) is 17.0 Å². The van der Waals surface area contributed by atoms with Gasteiger partial charge in [0.15, 0.2) is 11.5 Å². The third-order valence-corrected chi connectivity index (χ3v) is 3.66. The average molecular weight is 294 g/mol. The van der Waals surface area contributed by atoms with Crippen LogP contribution in [0.5, 0.6) is 0 Å². The molecule has 112 valence electrons. The third kappa shape index (κ3) is 2.98. The first-order valence-corrected chi connectivity index (χ1v) is 7.21. The number of hydrogen-bond donors (Lipinski definition) is 0. The zero-order chi connectivity index (χ0) is 15.5. The molecule has 0 aliphatic rings. The predicted molar refractivity (Wildman–Crippen MR) is 84.3 cm³/mol. The number of aryl methyl sites for hydroxylation is 1. The zero-order valence-electron chi connectivity index (χ0n) is 12.7. The fourth-order valence-electron chi connectivity index (χ4n) is 2.31. The molecule has 0 saturated heterocycles. The Labute approximate surface area is 129 Å². The molecule has 0 saturated carbocycles. The number of hydrogen-bond acceptors (Lipinski definition) is 3. The predicted octanol–water partition coefficient (Wildman–Crippen LogP) is 2.24. The first-order chi connectivity index (χ1) is 10.6. The summed E-state index contributed by atoms with van der Waals surface area (Å²) in [6.07, 6.45) is 2.30. The fraction of sp³-hybridized carbons (Fsp3) is 0.235. The highest BCUT2D eigenvalue weighted by atomic mass is 16.2. The van der Waals surface area contributed by atoms with Crippen LogP contribution < -0.4 is 0 Å². The third-order valence-electron chi connectivity index (χ3n) is 3.66. The molecule has 3 aromatic rings. The molecule has 0 unspecified atom stereocenters. The first-order valence-electron chi connectivity index (χ1n) is 7.21. The number of nitrogens with zero attached hydrogens (tertiary/aromatic N) is 4. The van der Waals surface area contributed by atoms with E-state index < -0.39 is 0 Å². The summed E-state index contributed by atoms with van der Waals surface area (Å²) in [4.78, 5) is 14.0. The van der Waals surface area contributed by atoms with Crippen molar-refractivity contribution in [3.05, 3.63) is 65.6 Å². The van der Waals surface area contributed by atoms with Crippen molar-refractivity contribution in [2.45, 2.75) is 19.9 Å². The number of carbonyl (C=O) groups is 1. The Hall–Kier alpha value is -2.69. The van der Waals surface area contributed by atoms with Crippen LogP contribution in [0.4, 0.5) is 0 Å². The number of pyridine rings is 1. The van der Waals surface area contributed by atoms with E-state index in [1.165, 1.54) is 5.56 Å². The van der Waals surface area contributed by atoms with Gasteiger partial charge in [-0.15, -0.1) is 10.2 Å². The van der Waals surface area contributed by atoms with Crippen molar-refractivity contribution in [3.8, 4) is 0 Å². The molecule has 2 heterocycles. The Kier molecular flexibility index (Phi) is 3.87. The number of carbonyl (C=O) groups excluding carboxylic acids is 1. The Bertz CT molecular complexity index is 792. The zero-order valence-corrected chi connectivity index (χ0v) is 12.7. The molecule has 0 aliphatic carbocycles. The summed E-state index contributed by atoms with van der Waals surface area (Å²) in [6, 6.07) is 13.8. The van der Waals surface area contributed by atoms with Gasteiger partial charge in [0.1, 0.15) is 0 Å². The number of benzene rings is 1. The van der Waals surface area contributed by atoms with Crippen molar-refractivity contribution in [2.75, 3.05) is 7.05 Å². The quantitative estimate of drug-likeness (QED) is 0.741. The highest BCUT2D eigenvalue weighted by molar-refractivity contribution is 5.78. The van der Waals surface area contributed by atoms with Crippen LogP contribution in [0.25, 0.3) is 5.65 Å². The molecule has 2 aromatic heterocycles. The summed E-state index contributed by atoms with van der Waals surface area (Å²) >= 11 is 0. The standard InChI is InChI=1S/C17H18N4O/c1-13-6-8-14(9-7-13)11-17(22)20(2)12-16-19-18-15-5-3-4-10-21(15)16/h3-10H,11-12H2,1-2H3. The highest BCUT2D eigenvalue weighted by Gasteiger charge is 2.13. The lowest BCUT2D eigenvalue weighted by Gasteiger charge is -2.16. The fourth-order valence-corrected chi connectivity index (χ4v) is 2.31. The van der Waals surface area contributed by atoms with E-state index in [0.29, 0.717) is 13.0 Å². The number of rotatable bonds is 4. The maximum absolute atomic E-state index is 12.3. The van der Waals surface area contributed by atoms with Crippen LogP contribution in [0.15, 0.2) is 48.7 Å². The van der Waals surface area contributed by atoms with Gasteiger partial charge in [0.2, 0.25) is 5.91 Å². The smallest absolute Gasteiger partial charge is 0.227 e. The summed E-state index contributed by atoms with van der Waals surface area (Å²) in [5, 5.41) is 8.26. The minimum absolute atomic E-state index is 0.0662. The highest BCUT2D eigenvalue weighted by Crippen LogP contribution is 2.08. The second kappa shape index (κ2) is 5.97. The van der Waals surface area contributed by atoms with Crippen molar-refractivity contribution in [1.82, 2.24) is 19.5 Å². The Morgan fingerprint density at radius 3 is 2.68 bits per heavy atom. The van der Waals surface area contributed by atoms with Crippen molar-refractivity contribution < 1.29 is 4.79 Å². The van der Waals surface area contributed by atoms with E-state index in [-0.39, 0.29) is 5.91 Å². The molecule has 5 heteroatoms. The van der Waals surface area contributed by atoms with E-state index in [2.05, 4.69) is 10.2 Å². The van der Waals surface area contributed by atoms with Gasteiger partial charge in [0, 0.05) is 13.2 Å². The van der Waals surface area contributed by atoms with Crippen LogP contribution in [0.3, 0.4) is 0 Å². The summed E-state index contributed by atoms with van der Waals surface area (Å²) in [5.41, 5.74) is 3.00. The summed E-state index contributed by atoms with van der Waals surface area (Å²) in [7, 11) is 1.79. The normalized spacial score (nSPS) is 10.8. The summed E-state index contributed by atoms with van der Waals surface area (Å²) in [6.45, 7) is 2.48. The SMILES string of the molecule is Cc1ccc(CC(=O)N(C)Cc2nnc3ccccn23)cc1. The molecule has 5 nitrogen and oxygen atoms in total. The topological polar surface area (TPSA) is 50.5 Å². The molecular weight excluding hydrogens is 276 g/mol. The van der Waals surface area contributed by atoms with E-state index >= 15 is 0 Å². The van der Waals surface area contributed by atoms with E-state index in [1.54, 1.807) is 11.9 Å². The van der Waals surface area contributed by atoms with E-state index in [9.17, 15) is 4.79 Å². The molecule has 1 amide bonds. The summed E-state index contributed by atoms with van der Waals surface area (Å²) < 4.78 is 1.90. The van der Waals surface area contributed by atoms with Crippen molar-refractivity contribution >= 4 is 11.6 Å². The molecule has 0 spiro atoms. The van der Waals surface area contributed by atoms with Gasteiger partial charge in [-0.05, 0) is 24.6 Å². The molecular formula is C17H18N4O. The lowest BCUT2D eigenvalue weighted by molar-refractivity contribution is -0.129. The average Bonchev–Trinajstić information content (AvgIpc) is 2.93. The monoisotopic (exact) mass is 294 g/mol. The number of fused-ring (bicyclic) bond motifs is 1. The van der Waals surface area contributed by atoms with E-state index in [4.69, 9.17) is 0 Å². The molecule has 0 radical (unpaired) electrons. The van der Waals surface area contributed by atoms with Crippen molar-refractivity contribution in [3.63, 3.8) is 0 Å². The minimum Gasteiger partial charge on any atom is -0.338 e. The van der Waals surface area contributed by atoms with Gasteiger partial charge in [-0.1, -0.05) is 35.9 Å². The minimum atomic E-state index is 0.0662. The lowest BCUT2D eigenvalue weighted by atomic mass is 10.1. The van der Waals surface area contributed by atoms with Crippen molar-refractivity contribution in [2.24, 2.45) is 0 Å². The first kappa shape index (κ1) is 14.3. The summed E-state index contributed by atoms with van der Waals surface area (Å²) in [5.74, 6) is 0.826. The molecule has 3 rings (SSSR count). The van der Waals surface area contributed by atoms with Crippen LogP contribution in [0.2, 0.25) is 0 Å². The maximum Gasteiger partial charge on any atom is 0.227 e. The number of likely N-dealkylation sites (N-methyl/N-ethyl adjacent to an activating group) is 1. The Morgan fingerprint density at radius 2 is 1.91 bits per heavy atom. The van der Waals surface area contributed by atoms with Gasteiger partial charge in [0.05, 0.1) is 13.0 Å². The molecule has 1 aromatic carbocycles. The van der Waals surface area contributed by atoms with Crippen LogP contribution in [0, 0.1) is 6.92 Å². The molecule has 0 aliphatic heterocycles.